The van der Waals surface area contributed by atoms with E-state index in [4.69, 9.17) is 0 Å². The van der Waals surface area contributed by atoms with Crippen LogP contribution in [0.5, 0.6) is 0 Å². The summed E-state index contributed by atoms with van der Waals surface area (Å²) in [6.07, 6.45) is 1.89. The fourth-order valence-corrected chi connectivity index (χ4v) is 1.12. The van der Waals surface area contributed by atoms with Crippen LogP contribution in [0.3, 0.4) is 0 Å². The van der Waals surface area contributed by atoms with Gasteiger partial charge in [0.05, 0.1) is 6.10 Å². The van der Waals surface area contributed by atoms with Gasteiger partial charge in [0, 0.05) is 6.54 Å². The van der Waals surface area contributed by atoms with Gasteiger partial charge in [-0.1, -0.05) is 20.8 Å². The van der Waals surface area contributed by atoms with Gasteiger partial charge in [-0.2, -0.15) is 0 Å². The minimum atomic E-state index is -0.138. The van der Waals surface area contributed by atoms with E-state index in [1.807, 2.05) is 6.92 Å². The summed E-state index contributed by atoms with van der Waals surface area (Å²) in [7, 11) is 0. The van der Waals surface area contributed by atoms with Crippen molar-refractivity contribution in [1.82, 2.24) is 4.90 Å². The fraction of sp³-hybridized carbons (Fsp3) is 1.00. The Morgan fingerprint density at radius 1 is 1.27 bits per heavy atom. The molecule has 0 radical (unpaired) electrons. The van der Waals surface area contributed by atoms with E-state index in [0.717, 1.165) is 26.1 Å². The summed E-state index contributed by atoms with van der Waals surface area (Å²) < 4.78 is 0. The summed E-state index contributed by atoms with van der Waals surface area (Å²) >= 11 is 0. The molecule has 0 heterocycles. The van der Waals surface area contributed by atoms with Crippen LogP contribution < -0.4 is 0 Å². The average molecular weight is 159 g/mol. The zero-order valence-electron chi connectivity index (χ0n) is 8.01. The van der Waals surface area contributed by atoms with Gasteiger partial charge in [0.2, 0.25) is 0 Å². The van der Waals surface area contributed by atoms with E-state index in [1.165, 1.54) is 6.42 Å². The van der Waals surface area contributed by atoms with Crippen molar-refractivity contribution in [3.8, 4) is 0 Å². The minimum Gasteiger partial charge on any atom is -0.392 e. The summed E-state index contributed by atoms with van der Waals surface area (Å²) in [6.45, 7) is 9.31. The second kappa shape index (κ2) is 6.62. The van der Waals surface area contributed by atoms with Crippen molar-refractivity contribution < 1.29 is 5.11 Å². The van der Waals surface area contributed by atoms with Crippen molar-refractivity contribution in [3.63, 3.8) is 0 Å². The maximum atomic E-state index is 9.34. The van der Waals surface area contributed by atoms with E-state index < -0.39 is 0 Å². The lowest BCUT2D eigenvalue weighted by Crippen LogP contribution is -2.32. The van der Waals surface area contributed by atoms with Gasteiger partial charge in [0.25, 0.3) is 0 Å². The van der Waals surface area contributed by atoms with Crippen molar-refractivity contribution in [2.75, 3.05) is 19.6 Å². The zero-order chi connectivity index (χ0) is 8.69. The van der Waals surface area contributed by atoms with Gasteiger partial charge in [-0.3, -0.25) is 0 Å². The summed E-state index contributed by atoms with van der Waals surface area (Å²) in [4.78, 5) is 2.29. The molecule has 0 saturated carbocycles. The highest BCUT2D eigenvalue weighted by atomic mass is 16.3. The van der Waals surface area contributed by atoms with Crippen LogP contribution in [0.1, 0.15) is 33.6 Å². The first-order chi connectivity index (χ1) is 5.24. The van der Waals surface area contributed by atoms with E-state index in [0.29, 0.717) is 0 Å². The molecule has 0 bridgehead atoms. The van der Waals surface area contributed by atoms with Gasteiger partial charge in [-0.05, 0) is 25.9 Å². The highest BCUT2D eigenvalue weighted by Gasteiger charge is 2.06. The predicted octanol–water partition coefficient (Wildman–Crippen LogP) is 1.49. The second-order valence-electron chi connectivity index (χ2n) is 2.96. The zero-order valence-corrected chi connectivity index (χ0v) is 8.01. The van der Waals surface area contributed by atoms with Crippen LogP contribution in [0, 0.1) is 0 Å². The molecule has 0 amide bonds. The molecule has 0 aromatic rings. The van der Waals surface area contributed by atoms with Crippen molar-refractivity contribution >= 4 is 0 Å². The van der Waals surface area contributed by atoms with Gasteiger partial charge < -0.3 is 10.0 Å². The maximum absolute atomic E-state index is 9.34. The predicted molar refractivity (Wildman–Crippen MR) is 48.7 cm³/mol. The van der Waals surface area contributed by atoms with Gasteiger partial charge in [-0.15, -0.1) is 0 Å². The molecule has 0 spiro atoms. The Hall–Kier alpha value is -0.0800. The third kappa shape index (κ3) is 5.22. The quantitative estimate of drug-likeness (QED) is 0.634. The molecule has 2 nitrogen and oxygen atoms in total. The third-order valence-electron chi connectivity index (χ3n) is 1.93. The standard InChI is InChI=1S/C9H21NO/c1-4-7-10(6-3)8-9(11)5-2/h9,11H,4-8H2,1-3H3. The van der Waals surface area contributed by atoms with E-state index >= 15 is 0 Å². The Balaban J connectivity index is 3.49. The lowest BCUT2D eigenvalue weighted by molar-refractivity contribution is 0.112. The molecule has 11 heavy (non-hydrogen) atoms. The first-order valence-corrected chi connectivity index (χ1v) is 4.64. The van der Waals surface area contributed by atoms with Crippen molar-refractivity contribution in [3.05, 3.63) is 0 Å². The molecule has 0 aliphatic carbocycles. The largest absolute Gasteiger partial charge is 0.392 e. The molecule has 1 atom stereocenters. The minimum absolute atomic E-state index is 0.138. The monoisotopic (exact) mass is 159 g/mol. The molecule has 68 valence electrons. The van der Waals surface area contributed by atoms with Crippen LogP contribution in [0.4, 0.5) is 0 Å². The van der Waals surface area contributed by atoms with Crippen LogP contribution in [0.2, 0.25) is 0 Å². The molecular weight excluding hydrogens is 138 g/mol. The molecule has 1 unspecified atom stereocenters. The average Bonchev–Trinajstić information content (AvgIpc) is 2.03. The van der Waals surface area contributed by atoms with Gasteiger partial charge in [-0.25, -0.2) is 0 Å². The first kappa shape index (κ1) is 10.9. The SMILES string of the molecule is CCCN(CC)CC(O)CC. The molecule has 0 aromatic heterocycles. The smallest absolute Gasteiger partial charge is 0.0664 e. The number of nitrogens with zero attached hydrogens (tertiary/aromatic N) is 1. The van der Waals surface area contributed by atoms with Gasteiger partial charge in [0.1, 0.15) is 0 Å². The van der Waals surface area contributed by atoms with Crippen LogP contribution in [0.25, 0.3) is 0 Å². The first-order valence-electron chi connectivity index (χ1n) is 4.64. The number of aliphatic hydroxyl groups is 1. The molecule has 1 N–H and O–H groups in total. The van der Waals surface area contributed by atoms with Crippen molar-refractivity contribution in [2.24, 2.45) is 0 Å². The Bertz CT molecular complexity index is 85.6. The topological polar surface area (TPSA) is 23.5 Å². The van der Waals surface area contributed by atoms with Crippen LogP contribution in [-0.4, -0.2) is 35.7 Å². The Morgan fingerprint density at radius 2 is 1.91 bits per heavy atom. The maximum Gasteiger partial charge on any atom is 0.0664 e. The normalized spacial score (nSPS) is 13.9. The lowest BCUT2D eigenvalue weighted by Gasteiger charge is -2.21. The molecule has 0 saturated heterocycles. The second-order valence-corrected chi connectivity index (χ2v) is 2.96. The summed E-state index contributed by atoms with van der Waals surface area (Å²) in [5, 5.41) is 9.34. The number of rotatable bonds is 6. The van der Waals surface area contributed by atoms with Crippen LogP contribution in [0.15, 0.2) is 0 Å². The fourth-order valence-electron chi connectivity index (χ4n) is 1.12. The molecular formula is C9H21NO. The van der Waals surface area contributed by atoms with Gasteiger partial charge in [0.15, 0.2) is 0 Å². The Morgan fingerprint density at radius 3 is 2.27 bits per heavy atom. The summed E-state index contributed by atoms with van der Waals surface area (Å²) in [5.41, 5.74) is 0. The Kier molecular flexibility index (Phi) is 6.57. The number of hydrogen-bond donors (Lipinski definition) is 1. The summed E-state index contributed by atoms with van der Waals surface area (Å²) in [5.74, 6) is 0. The molecule has 0 rings (SSSR count). The lowest BCUT2D eigenvalue weighted by atomic mass is 10.2. The van der Waals surface area contributed by atoms with Crippen LogP contribution in [-0.2, 0) is 0 Å². The molecule has 2 heteroatoms. The van der Waals surface area contributed by atoms with E-state index in [2.05, 4.69) is 18.7 Å². The molecule has 0 aromatic carbocycles. The van der Waals surface area contributed by atoms with E-state index in [1.54, 1.807) is 0 Å². The highest BCUT2D eigenvalue weighted by molar-refractivity contribution is 4.60. The number of aliphatic hydroxyl groups excluding tert-OH is 1. The molecule has 0 aliphatic rings. The van der Waals surface area contributed by atoms with Crippen molar-refractivity contribution in [2.45, 2.75) is 39.7 Å². The molecule has 0 aliphatic heterocycles. The van der Waals surface area contributed by atoms with E-state index in [-0.39, 0.29) is 6.10 Å². The van der Waals surface area contributed by atoms with Gasteiger partial charge >= 0.3 is 0 Å². The summed E-state index contributed by atoms with van der Waals surface area (Å²) in [6, 6.07) is 0. The van der Waals surface area contributed by atoms with Crippen molar-refractivity contribution in [1.29, 1.82) is 0 Å². The molecule has 0 fully saturated rings. The number of hydrogen-bond acceptors (Lipinski definition) is 2. The van der Waals surface area contributed by atoms with E-state index in [9.17, 15) is 5.11 Å². The number of likely N-dealkylation sites (N-methyl/N-ethyl adjacent to an activating group) is 1. The van der Waals surface area contributed by atoms with Crippen LogP contribution >= 0.6 is 0 Å². The third-order valence-corrected chi connectivity index (χ3v) is 1.93. The highest BCUT2D eigenvalue weighted by Crippen LogP contribution is 1.96. The Labute approximate surface area is 70.2 Å².